The van der Waals surface area contributed by atoms with Crippen LogP contribution in [-0.2, 0) is 9.53 Å². The fraction of sp³-hybridized carbons (Fsp3) is 0.529. The van der Waals surface area contributed by atoms with Gasteiger partial charge in [-0.3, -0.25) is 4.79 Å². The molecule has 11 heteroatoms. The number of nitrogens with zero attached hydrogens (tertiary/aromatic N) is 2. The highest BCUT2D eigenvalue weighted by atomic mass is 32.2. The number of rotatable bonds is 4. The zero-order valence-corrected chi connectivity index (χ0v) is 15.4. The molecule has 0 radical (unpaired) electrons. The van der Waals surface area contributed by atoms with E-state index < -0.39 is 41.5 Å². The number of amidine groups is 1. The van der Waals surface area contributed by atoms with Crippen molar-refractivity contribution >= 4 is 28.6 Å². The SMILES string of the molecule is CCCCOC(=O)[C@@H]1CN2C(=NC1(C(F)(F)F)C(F)(F)F)Sc1ccccc12. The monoisotopic (exact) mass is 426 g/mol. The van der Waals surface area contributed by atoms with Gasteiger partial charge in [0.25, 0.3) is 5.54 Å². The zero-order chi connectivity index (χ0) is 20.7. The van der Waals surface area contributed by atoms with E-state index in [2.05, 4.69) is 4.99 Å². The Morgan fingerprint density at radius 2 is 1.89 bits per heavy atom. The molecule has 3 rings (SSSR count). The van der Waals surface area contributed by atoms with E-state index in [0.29, 0.717) is 35.2 Å². The van der Waals surface area contributed by atoms with Crippen molar-refractivity contribution in [2.45, 2.75) is 42.6 Å². The normalized spacial score (nSPS) is 21.0. The van der Waals surface area contributed by atoms with Crippen LogP contribution in [0.4, 0.5) is 32.0 Å². The second-order valence-corrected chi connectivity index (χ2v) is 7.42. The topological polar surface area (TPSA) is 41.9 Å². The number of esters is 1. The molecule has 0 amide bonds. The molecule has 2 heterocycles. The summed E-state index contributed by atoms with van der Waals surface area (Å²) in [6.07, 6.45) is -10.7. The number of thioether (sulfide) groups is 1. The molecule has 2 aliphatic rings. The van der Waals surface area contributed by atoms with E-state index in [0.717, 1.165) is 0 Å². The first-order valence-corrected chi connectivity index (χ1v) is 9.29. The molecular weight excluding hydrogens is 410 g/mol. The van der Waals surface area contributed by atoms with Crippen molar-refractivity contribution in [2.75, 3.05) is 18.1 Å². The number of alkyl halides is 6. The lowest BCUT2D eigenvalue weighted by atomic mass is 9.81. The highest BCUT2D eigenvalue weighted by molar-refractivity contribution is 8.14. The van der Waals surface area contributed by atoms with Gasteiger partial charge in [0.05, 0.1) is 12.3 Å². The fourth-order valence-electron chi connectivity index (χ4n) is 3.17. The largest absolute Gasteiger partial charge is 0.465 e. The first kappa shape index (κ1) is 20.8. The Labute approximate surface area is 160 Å². The first-order valence-electron chi connectivity index (χ1n) is 8.47. The van der Waals surface area contributed by atoms with Crippen LogP contribution in [0.5, 0.6) is 0 Å². The minimum atomic E-state index is -5.83. The van der Waals surface area contributed by atoms with Crippen LogP contribution in [0.15, 0.2) is 34.2 Å². The van der Waals surface area contributed by atoms with Crippen LogP contribution in [0.2, 0.25) is 0 Å². The Kier molecular flexibility index (Phi) is 5.32. The summed E-state index contributed by atoms with van der Waals surface area (Å²) in [5.74, 6) is -4.12. The van der Waals surface area contributed by atoms with Gasteiger partial charge in [-0.15, -0.1) is 0 Å². The van der Waals surface area contributed by atoms with Gasteiger partial charge in [-0.1, -0.05) is 25.5 Å². The summed E-state index contributed by atoms with van der Waals surface area (Å²) in [5.41, 5.74) is -4.14. The summed E-state index contributed by atoms with van der Waals surface area (Å²) in [7, 11) is 0. The molecule has 0 aliphatic carbocycles. The van der Waals surface area contributed by atoms with Gasteiger partial charge in [0.1, 0.15) is 5.92 Å². The van der Waals surface area contributed by atoms with E-state index in [9.17, 15) is 31.1 Å². The molecule has 0 unspecified atom stereocenters. The lowest BCUT2D eigenvalue weighted by Crippen LogP contribution is -2.67. The van der Waals surface area contributed by atoms with Gasteiger partial charge in [-0.25, -0.2) is 4.99 Å². The molecule has 1 atom stereocenters. The number of benzene rings is 1. The van der Waals surface area contributed by atoms with E-state index in [1.165, 1.54) is 4.90 Å². The minimum Gasteiger partial charge on any atom is -0.465 e. The fourth-order valence-corrected chi connectivity index (χ4v) is 4.27. The number of fused-ring (bicyclic) bond motifs is 3. The minimum absolute atomic E-state index is 0.250. The summed E-state index contributed by atoms with van der Waals surface area (Å²) in [6.45, 7) is 0.672. The predicted octanol–water partition coefficient (Wildman–Crippen LogP) is 4.79. The van der Waals surface area contributed by atoms with Crippen LogP contribution in [0.1, 0.15) is 19.8 Å². The molecule has 0 bridgehead atoms. The van der Waals surface area contributed by atoms with Gasteiger partial charge in [-0.2, -0.15) is 26.3 Å². The molecule has 0 aromatic heterocycles. The van der Waals surface area contributed by atoms with Gasteiger partial charge in [0.15, 0.2) is 5.17 Å². The Morgan fingerprint density at radius 1 is 1.25 bits per heavy atom. The summed E-state index contributed by atoms with van der Waals surface area (Å²) in [4.78, 5) is 17.2. The molecule has 1 aromatic carbocycles. The Hall–Kier alpha value is -1.91. The van der Waals surface area contributed by atoms with E-state index in [4.69, 9.17) is 4.74 Å². The third-order valence-electron chi connectivity index (χ3n) is 4.62. The first-order chi connectivity index (χ1) is 13.0. The maximum Gasteiger partial charge on any atom is 0.423 e. The molecule has 1 aromatic rings. The zero-order valence-electron chi connectivity index (χ0n) is 14.6. The van der Waals surface area contributed by atoms with Crippen molar-refractivity contribution < 1.29 is 35.9 Å². The van der Waals surface area contributed by atoms with Gasteiger partial charge in [0, 0.05) is 11.4 Å². The second-order valence-electron chi connectivity index (χ2n) is 6.41. The highest BCUT2D eigenvalue weighted by Crippen LogP contribution is 2.56. The molecule has 154 valence electrons. The van der Waals surface area contributed by atoms with Gasteiger partial charge < -0.3 is 9.64 Å². The third kappa shape index (κ3) is 3.23. The molecule has 4 nitrogen and oxygen atoms in total. The molecule has 28 heavy (non-hydrogen) atoms. The summed E-state index contributed by atoms with van der Waals surface area (Å²) in [6, 6.07) is 6.34. The van der Waals surface area contributed by atoms with Crippen molar-refractivity contribution in [3.05, 3.63) is 24.3 Å². The maximum absolute atomic E-state index is 13.8. The van der Waals surface area contributed by atoms with Gasteiger partial charge in [0.2, 0.25) is 0 Å². The Morgan fingerprint density at radius 3 is 2.50 bits per heavy atom. The Balaban J connectivity index is 2.11. The second kappa shape index (κ2) is 7.16. The molecule has 0 spiro atoms. The molecule has 0 N–H and O–H groups in total. The highest BCUT2D eigenvalue weighted by Gasteiger charge is 2.78. The van der Waals surface area contributed by atoms with Gasteiger partial charge in [-0.05, 0) is 30.3 Å². The van der Waals surface area contributed by atoms with E-state index >= 15 is 0 Å². The van der Waals surface area contributed by atoms with E-state index in [1.807, 2.05) is 0 Å². The van der Waals surface area contributed by atoms with Crippen molar-refractivity contribution in [1.82, 2.24) is 0 Å². The van der Waals surface area contributed by atoms with Crippen LogP contribution >= 0.6 is 11.8 Å². The third-order valence-corrected chi connectivity index (χ3v) is 5.68. The molecule has 0 fully saturated rings. The average molecular weight is 426 g/mol. The van der Waals surface area contributed by atoms with Crippen molar-refractivity contribution in [3.63, 3.8) is 0 Å². The van der Waals surface area contributed by atoms with Crippen LogP contribution in [0, 0.1) is 5.92 Å². The van der Waals surface area contributed by atoms with Crippen molar-refractivity contribution in [1.29, 1.82) is 0 Å². The lowest BCUT2D eigenvalue weighted by Gasteiger charge is -2.43. The smallest absolute Gasteiger partial charge is 0.423 e. The number of para-hydroxylation sites is 1. The summed E-state index contributed by atoms with van der Waals surface area (Å²) >= 11 is 0.714. The number of halogens is 6. The van der Waals surface area contributed by atoms with Crippen LogP contribution < -0.4 is 4.90 Å². The summed E-state index contributed by atoms with van der Waals surface area (Å²) < 4.78 is 87.6. The number of carbonyl (C=O) groups is 1. The standard InChI is InChI=1S/C17H16F6N2O2S/c1-2-3-8-27-13(26)10-9-25-11-6-4-5-7-12(11)28-14(25)24-15(10,16(18,19)20)17(21,22)23/h4-7,10H,2-3,8-9H2,1H3/t10-/m0/s1. The maximum atomic E-state index is 13.8. The number of carbonyl (C=O) groups excluding carboxylic acids is 1. The van der Waals surface area contributed by atoms with Crippen LogP contribution in [-0.4, -0.2) is 42.2 Å². The predicted molar refractivity (Wildman–Crippen MR) is 91.3 cm³/mol. The van der Waals surface area contributed by atoms with Crippen molar-refractivity contribution in [3.8, 4) is 0 Å². The molecule has 0 saturated carbocycles. The number of ether oxygens (including phenoxy) is 1. The number of aliphatic imine (C=N–C) groups is 1. The van der Waals surface area contributed by atoms with Crippen LogP contribution in [0.25, 0.3) is 0 Å². The van der Waals surface area contributed by atoms with E-state index in [-0.39, 0.29) is 6.61 Å². The van der Waals surface area contributed by atoms with Crippen LogP contribution in [0.3, 0.4) is 0 Å². The molecular formula is C17H16F6N2O2S. The molecule has 2 aliphatic heterocycles. The average Bonchev–Trinajstić information content (AvgIpc) is 2.96. The summed E-state index contributed by atoms with van der Waals surface area (Å²) in [5, 5.41) is -0.437. The number of hydrogen-bond acceptors (Lipinski definition) is 5. The van der Waals surface area contributed by atoms with Gasteiger partial charge >= 0.3 is 18.3 Å². The van der Waals surface area contributed by atoms with Crippen molar-refractivity contribution in [2.24, 2.45) is 10.9 Å². The van der Waals surface area contributed by atoms with E-state index in [1.54, 1.807) is 31.2 Å². The number of unbranched alkanes of at least 4 members (excludes halogenated alkanes) is 1. The quantitative estimate of drug-likeness (QED) is 0.394. The number of hydrogen-bond donors (Lipinski definition) is 0. The lowest BCUT2D eigenvalue weighted by molar-refractivity contribution is -0.309. The Bertz CT molecular complexity index is 779. The molecule has 0 saturated heterocycles. The number of anilines is 1.